The molecule has 0 aliphatic rings. The highest BCUT2D eigenvalue weighted by molar-refractivity contribution is 7.95. The summed E-state index contributed by atoms with van der Waals surface area (Å²) in [5.74, 6) is 0.0544. The molecule has 0 atom stereocenters. The molecule has 0 radical (unpaired) electrons. The molecule has 0 aliphatic heterocycles. The Labute approximate surface area is 57.5 Å². The van der Waals surface area contributed by atoms with Crippen LogP contribution in [0.4, 0.5) is 0 Å². The van der Waals surface area contributed by atoms with Crippen molar-refractivity contribution in [1.29, 1.82) is 0 Å². The minimum atomic E-state index is -4.21. The van der Waals surface area contributed by atoms with Crippen LogP contribution in [0.25, 0.3) is 0 Å². The normalized spacial score (nSPS) is 12.4. The van der Waals surface area contributed by atoms with Crippen molar-refractivity contribution in [2.75, 3.05) is 18.5 Å². The molecular weight excluding hydrogens is 164 g/mol. The van der Waals surface area contributed by atoms with E-state index in [1.54, 1.807) is 0 Å². The van der Waals surface area contributed by atoms with E-state index in [0.29, 0.717) is 0 Å². The molecule has 0 fully saturated rings. The van der Waals surface area contributed by atoms with Crippen molar-refractivity contribution in [3.8, 4) is 0 Å². The maximum Gasteiger partial charge on any atom is 0.401 e. The van der Waals surface area contributed by atoms with Gasteiger partial charge in [0.1, 0.15) is 0 Å². The fourth-order valence-electron chi connectivity index (χ4n) is 0.157. The Hall–Kier alpha value is 0.220. The highest BCUT2D eigenvalue weighted by Gasteiger charge is 2.09. The van der Waals surface area contributed by atoms with Crippen molar-refractivity contribution < 1.29 is 17.2 Å². The largest absolute Gasteiger partial charge is 0.401 e. The van der Waals surface area contributed by atoms with Crippen molar-refractivity contribution >= 4 is 21.3 Å². The second-order valence-electron chi connectivity index (χ2n) is 1.65. The summed E-state index contributed by atoms with van der Waals surface area (Å²) in [6.45, 7) is 0. The van der Waals surface area contributed by atoms with Crippen LogP contribution in [0.3, 0.4) is 0 Å². The average molecular weight is 173 g/mol. The lowest BCUT2D eigenvalue weighted by Crippen LogP contribution is -2.11. The third kappa shape index (κ3) is 8.22. The van der Waals surface area contributed by atoms with Gasteiger partial charge < -0.3 is 0 Å². The summed E-state index contributed by atoms with van der Waals surface area (Å²) in [5, 5.41) is 0. The van der Waals surface area contributed by atoms with Gasteiger partial charge in [0.2, 0.25) is 5.94 Å². The first-order chi connectivity index (χ1) is 3.92. The summed E-state index contributed by atoms with van der Waals surface area (Å²) >= 11 is 0. The SMILES string of the molecule is C[S+](C)COS(=O)(=O)O. The van der Waals surface area contributed by atoms with Crippen LogP contribution in [0.5, 0.6) is 0 Å². The second-order valence-corrected chi connectivity index (χ2v) is 4.95. The minimum Gasteiger partial charge on any atom is -0.263 e. The quantitative estimate of drug-likeness (QED) is 0.467. The molecule has 1 N–H and O–H groups in total. The Bertz CT molecular complexity index is 159. The molecule has 0 unspecified atom stereocenters. The van der Waals surface area contributed by atoms with Gasteiger partial charge in [-0.25, -0.2) is 0 Å². The molecule has 0 aliphatic carbocycles. The van der Waals surface area contributed by atoms with Gasteiger partial charge >= 0.3 is 10.4 Å². The van der Waals surface area contributed by atoms with Gasteiger partial charge in [-0.3, -0.25) is 4.55 Å². The molecule has 0 spiro atoms. The number of rotatable bonds is 3. The van der Waals surface area contributed by atoms with Crippen LogP contribution in [-0.4, -0.2) is 31.4 Å². The summed E-state index contributed by atoms with van der Waals surface area (Å²) in [7, 11) is -4.34. The highest BCUT2D eigenvalue weighted by atomic mass is 32.3. The lowest BCUT2D eigenvalue weighted by Gasteiger charge is -1.94. The Kier molecular flexibility index (Phi) is 3.49. The van der Waals surface area contributed by atoms with Crippen molar-refractivity contribution in [2.24, 2.45) is 0 Å². The van der Waals surface area contributed by atoms with Crippen LogP contribution in [0.1, 0.15) is 0 Å². The summed E-state index contributed by atoms with van der Waals surface area (Å²) in [6, 6.07) is 0. The fraction of sp³-hybridized carbons (Fsp3) is 1.00. The van der Waals surface area contributed by atoms with E-state index in [4.69, 9.17) is 4.55 Å². The lowest BCUT2D eigenvalue weighted by molar-refractivity contribution is 0.312. The zero-order valence-corrected chi connectivity index (χ0v) is 6.83. The zero-order chi connectivity index (χ0) is 7.49. The third-order valence-electron chi connectivity index (χ3n) is 0.433. The average Bonchev–Trinajstić information content (AvgIpc) is 1.59. The molecule has 9 heavy (non-hydrogen) atoms. The maximum absolute atomic E-state index is 9.87. The van der Waals surface area contributed by atoms with E-state index in [2.05, 4.69) is 4.18 Å². The molecule has 6 heteroatoms. The van der Waals surface area contributed by atoms with Crippen LogP contribution in [0, 0.1) is 0 Å². The van der Waals surface area contributed by atoms with Crippen LogP contribution in [-0.2, 0) is 25.5 Å². The van der Waals surface area contributed by atoms with E-state index in [9.17, 15) is 8.42 Å². The van der Waals surface area contributed by atoms with Gasteiger partial charge in [0.05, 0.1) is 12.5 Å². The molecule has 0 aromatic carbocycles. The Balaban J connectivity index is 3.53. The Morgan fingerprint density at radius 1 is 1.56 bits per heavy atom. The fourth-order valence-corrected chi connectivity index (χ4v) is 1.41. The van der Waals surface area contributed by atoms with Crippen molar-refractivity contribution in [3.63, 3.8) is 0 Å². The maximum atomic E-state index is 9.87. The monoisotopic (exact) mass is 173 g/mol. The summed E-state index contributed by atoms with van der Waals surface area (Å²) in [5.41, 5.74) is 0. The zero-order valence-electron chi connectivity index (χ0n) is 5.20. The molecule has 0 saturated heterocycles. The van der Waals surface area contributed by atoms with E-state index in [1.807, 2.05) is 12.5 Å². The topological polar surface area (TPSA) is 63.6 Å². The predicted molar refractivity (Wildman–Crippen MR) is 36.7 cm³/mol. The summed E-state index contributed by atoms with van der Waals surface area (Å²) in [6.07, 6.45) is 3.62. The first-order valence-corrected chi connectivity index (χ1v) is 5.65. The molecule has 4 nitrogen and oxygen atoms in total. The van der Waals surface area contributed by atoms with Crippen molar-refractivity contribution in [3.05, 3.63) is 0 Å². The standard InChI is InChI=1S/C3H8O4S2/c1-8(2)3-7-9(4,5)6/h3H2,1-2H3/p+1. The number of hydrogen-bond acceptors (Lipinski definition) is 3. The molecule has 0 bridgehead atoms. The first kappa shape index (κ1) is 9.22. The van der Waals surface area contributed by atoms with Gasteiger partial charge in [-0.1, -0.05) is 0 Å². The molecule has 56 valence electrons. The lowest BCUT2D eigenvalue weighted by atomic mass is 11.7. The van der Waals surface area contributed by atoms with Gasteiger partial charge in [0.15, 0.2) is 0 Å². The van der Waals surface area contributed by atoms with E-state index in [1.165, 1.54) is 0 Å². The van der Waals surface area contributed by atoms with Gasteiger partial charge in [-0.05, 0) is 0 Å². The third-order valence-corrected chi connectivity index (χ3v) is 1.59. The molecule has 0 amide bonds. The van der Waals surface area contributed by atoms with Crippen LogP contribution < -0.4 is 0 Å². The molecule has 0 saturated carbocycles. The minimum absolute atomic E-state index is 0.0544. The molecule has 0 aromatic heterocycles. The van der Waals surface area contributed by atoms with E-state index in [-0.39, 0.29) is 16.8 Å². The van der Waals surface area contributed by atoms with Gasteiger partial charge in [0.25, 0.3) is 0 Å². The number of hydrogen-bond donors (Lipinski definition) is 1. The van der Waals surface area contributed by atoms with Gasteiger partial charge in [0, 0.05) is 10.9 Å². The second kappa shape index (κ2) is 3.40. The smallest absolute Gasteiger partial charge is 0.263 e. The Morgan fingerprint density at radius 2 is 2.00 bits per heavy atom. The van der Waals surface area contributed by atoms with E-state index in [0.717, 1.165) is 0 Å². The van der Waals surface area contributed by atoms with Gasteiger partial charge in [-0.2, -0.15) is 12.6 Å². The first-order valence-electron chi connectivity index (χ1n) is 2.08. The molecule has 0 heterocycles. The van der Waals surface area contributed by atoms with E-state index >= 15 is 0 Å². The summed E-state index contributed by atoms with van der Waals surface area (Å²) in [4.78, 5) is 0. The van der Waals surface area contributed by atoms with Crippen molar-refractivity contribution in [1.82, 2.24) is 0 Å². The van der Waals surface area contributed by atoms with Gasteiger partial charge in [-0.15, -0.1) is 0 Å². The molecule has 0 rings (SSSR count). The molecular formula is C3H9O4S2+. The molecule has 0 aromatic rings. The van der Waals surface area contributed by atoms with Crippen LogP contribution >= 0.6 is 0 Å². The summed E-state index contributed by atoms with van der Waals surface area (Å²) < 4.78 is 31.8. The van der Waals surface area contributed by atoms with Crippen molar-refractivity contribution in [2.45, 2.75) is 0 Å². The van der Waals surface area contributed by atoms with Crippen LogP contribution in [0.15, 0.2) is 0 Å². The van der Waals surface area contributed by atoms with E-state index < -0.39 is 10.4 Å². The van der Waals surface area contributed by atoms with Crippen LogP contribution in [0.2, 0.25) is 0 Å². The Morgan fingerprint density at radius 3 is 2.11 bits per heavy atom. The highest BCUT2D eigenvalue weighted by Crippen LogP contribution is 1.90. The predicted octanol–water partition coefficient (Wildman–Crippen LogP) is -0.359.